The van der Waals surface area contributed by atoms with Gasteiger partial charge in [0, 0.05) is 35.4 Å². The Labute approximate surface area is 211 Å². The molecule has 2 aromatic carbocycles. The topological polar surface area (TPSA) is 153 Å². The first kappa shape index (κ1) is 23.3. The zero-order chi connectivity index (χ0) is 25.8. The second-order valence-electron chi connectivity index (χ2n) is 7.94. The number of benzene rings is 2. The molecule has 0 saturated carbocycles. The maximum Gasteiger partial charge on any atom is 0.258 e. The summed E-state index contributed by atoms with van der Waals surface area (Å²) in [5.74, 6) is -0.274. The molecule has 5 aromatic rings. The lowest BCUT2D eigenvalue weighted by atomic mass is 10.1. The van der Waals surface area contributed by atoms with E-state index in [0.29, 0.717) is 34.1 Å². The van der Waals surface area contributed by atoms with E-state index in [1.807, 2.05) is 30.3 Å². The Hall–Kier alpha value is -5.45. The van der Waals surface area contributed by atoms with Gasteiger partial charge in [-0.1, -0.05) is 30.3 Å². The first-order valence-corrected chi connectivity index (χ1v) is 11.2. The Balaban J connectivity index is 1.32. The lowest BCUT2D eigenvalue weighted by Gasteiger charge is -2.08. The molecule has 0 radical (unpaired) electrons. The minimum absolute atomic E-state index is 0.195. The van der Waals surface area contributed by atoms with E-state index >= 15 is 0 Å². The number of H-pyrrole nitrogens is 1. The summed E-state index contributed by atoms with van der Waals surface area (Å²) >= 11 is 0. The molecule has 3 aromatic heterocycles. The van der Waals surface area contributed by atoms with Crippen LogP contribution in [0, 0.1) is 0 Å². The average Bonchev–Trinajstić information content (AvgIpc) is 3.58. The smallest absolute Gasteiger partial charge is 0.258 e. The van der Waals surface area contributed by atoms with E-state index in [1.165, 1.54) is 13.3 Å². The zero-order valence-electron chi connectivity index (χ0n) is 19.7. The van der Waals surface area contributed by atoms with Gasteiger partial charge in [-0.15, -0.1) is 0 Å². The van der Waals surface area contributed by atoms with Gasteiger partial charge >= 0.3 is 0 Å². The van der Waals surface area contributed by atoms with Crippen molar-refractivity contribution in [2.75, 3.05) is 17.7 Å². The number of aromatic nitrogens is 5. The number of carbonyl (C=O) groups excluding carboxylic acids is 2. The summed E-state index contributed by atoms with van der Waals surface area (Å²) < 4.78 is 6.76. The molecule has 0 aliphatic carbocycles. The lowest BCUT2D eigenvalue weighted by molar-refractivity contribution is 0.0999. The van der Waals surface area contributed by atoms with Gasteiger partial charge in [0.25, 0.3) is 11.8 Å². The molecule has 0 atom stereocenters. The summed E-state index contributed by atoms with van der Waals surface area (Å²) in [5.41, 5.74) is 9.44. The summed E-state index contributed by atoms with van der Waals surface area (Å²) in [7, 11) is 1.51. The number of nitrogens with one attached hydrogen (secondary N) is 3. The fourth-order valence-corrected chi connectivity index (χ4v) is 3.70. The lowest BCUT2D eigenvalue weighted by Crippen LogP contribution is -2.13. The number of primary amides is 1. The Bertz CT molecular complexity index is 1560. The molecule has 5 rings (SSSR count). The second kappa shape index (κ2) is 10.0. The minimum atomic E-state index is -0.653. The Morgan fingerprint density at radius 2 is 1.81 bits per heavy atom. The molecule has 3 heterocycles. The molecule has 0 saturated heterocycles. The largest absolute Gasteiger partial charge is 0.481 e. The third-order valence-electron chi connectivity index (χ3n) is 5.52. The molecule has 11 nitrogen and oxygen atoms in total. The van der Waals surface area contributed by atoms with Crippen LogP contribution in [0.25, 0.3) is 16.9 Å². The minimum Gasteiger partial charge on any atom is -0.481 e. The third-order valence-corrected chi connectivity index (χ3v) is 5.52. The van der Waals surface area contributed by atoms with Gasteiger partial charge in [0.2, 0.25) is 5.88 Å². The second-order valence-corrected chi connectivity index (χ2v) is 7.94. The van der Waals surface area contributed by atoms with E-state index in [-0.39, 0.29) is 17.3 Å². The van der Waals surface area contributed by atoms with Crippen LogP contribution in [0.3, 0.4) is 0 Å². The predicted octanol–water partition coefficient (Wildman–Crippen LogP) is 3.76. The summed E-state index contributed by atoms with van der Waals surface area (Å²) in [5, 5.41) is 17.3. The molecular weight excluding hydrogens is 472 g/mol. The van der Waals surface area contributed by atoms with Crippen molar-refractivity contribution in [3.63, 3.8) is 0 Å². The molecule has 2 amide bonds. The SMILES string of the molecule is COc1cc(Nc2n[nH]c(-c3ccc(NC(=O)c4cnn(-c5ccccc5)c4)cc3)c2C(N)=O)ccn1. The van der Waals surface area contributed by atoms with Gasteiger partial charge in [0.1, 0.15) is 5.56 Å². The molecule has 11 heteroatoms. The number of carbonyl (C=O) groups is 2. The van der Waals surface area contributed by atoms with Gasteiger partial charge < -0.3 is 21.1 Å². The van der Waals surface area contributed by atoms with E-state index in [1.54, 1.807) is 53.5 Å². The van der Waals surface area contributed by atoms with E-state index < -0.39 is 5.91 Å². The molecule has 184 valence electrons. The molecule has 0 bridgehead atoms. The van der Waals surface area contributed by atoms with Crippen molar-refractivity contribution in [1.82, 2.24) is 25.0 Å². The van der Waals surface area contributed by atoms with Crippen LogP contribution in [0.5, 0.6) is 5.88 Å². The number of aromatic amines is 1. The number of nitrogens with two attached hydrogens (primary N) is 1. The molecule has 0 fully saturated rings. The van der Waals surface area contributed by atoms with E-state index in [2.05, 4.69) is 30.9 Å². The highest BCUT2D eigenvalue weighted by molar-refractivity contribution is 6.05. The van der Waals surface area contributed by atoms with Crippen LogP contribution < -0.4 is 21.1 Å². The average molecular weight is 495 g/mol. The van der Waals surface area contributed by atoms with E-state index in [9.17, 15) is 9.59 Å². The number of amides is 2. The molecule has 0 aliphatic heterocycles. The third kappa shape index (κ3) is 5.00. The summed E-state index contributed by atoms with van der Waals surface area (Å²) in [6.45, 7) is 0. The number of nitrogens with zero attached hydrogens (tertiary/aromatic N) is 4. The first-order chi connectivity index (χ1) is 18.0. The number of anilines is 3. The van der Waals surface area contributed by atoms with Crippen molar-refractivity contribution in [3.8, 4) is 22.8 Å². The fourth-order valence-electron chi connectivity index (χ4n) is 3.70. The predicted molar refractivity (Wildman–Crippen MR) is 138 cm³/mol. The maximum atomic E-state index is 12.7. The van der Waals surface area contributed by atoms with Crippen LogP contribution in [0.2, 0.25) is 0 Å². The van der Waals surface area contributed by atoms with Crippen LogP contribution in [0.4, 0.5) is 17.2 Å². The first-order valence-electron chi connectivity index (χ1n) is 11.2. The van der Waals surface area contributed by atoms with Gasteiger partial charge in [0.15, 0.2) is 5.82 Å². The molecule has 5 N–H and O–H groups in total. The molecule has 0 aliphatic rings. The summed E-state index contributed by atoms with van der Waals surface area (Å²) in [4.78, 5) is 29.1. The molecular formula is C26H22N8O3. The van der Waals surface area contributed by atoms with Gasteiger partial charge in [-0.2, -0.15) is 10.2 Å². The van der Waals surface area contributed by atoms with Gasteiger partial charge in [-0.05, 0) is 30.3 Å². The number of pyridine rings is 1. The van der Waals surface area contributed by atoms with Crippen LogP contribution in [0.15, 0.2) is 85.3 Å². The Morgan fingerprint density at radius 3 is 2.54 bits per heavy atom. The van der Waals surface area contributed by atoms with Crippen molar-refractivity contribution in [1.29, 1.82) is 0 Å². The van der Waals surface area contributed by atoms with Crippen molar-refractivity contribution < 1.29 is 14.3 Å². The number of hydrogen-bond acceptors (Lipinski definition) is 7. The Kier molecular flexibility index (Phi) is 6.32. The highest BCUT2D eigenvalue weighted by Gasteiger charge is 2.20. The standard InChI is InChI=1S/C26H22N8O3/c1-37-21-13-19(11-12-28-21)30-25-22(24(27)35)23(32-33-25)16-7-9-18(10-8-16)31-26(36)17-14-29-34(15-17)20-5-3-2-4-6-20/h2-15H,1H3,(H2,27,35)(H,31,36)(H2,28,30,32,33). The molecule has 0 spiro atoms. The maximum absolute atomic E-state index is 12.7. The molecule has 0 unspecified atom stereocenters. The number of hydrogen-bond donors (Lipinski definition) is 4. The van der Waals surface area contributed by atoms with Gasteiger partial charge in [-0.25, -0.2) is 9.67 Å². The highest BCUT2D eigenvalue weighted by Crippen LogP contribution is 2.30. The van der Waals surface area contributed by atoms with Gasteiger partial charge in [-0.3, -0.25) is 14.7 Å². The van der Waals surface area contributed by atoms with Crippen molar-refractivity contribution in [3.05, 3.63) is 96.4 Å². The summed E-state index contributed by atoms with van der Waals surface area (Å²) in [6, 6.07) is 19.8. The normalized spacial score (nSPS) is 10.6. The van der Waals surface area contributed by atoms with Crippen LogP contribution in [-0.4, -0.2) is 43.9 Å². The van der Waals surface area contributed by atoms with Crippen LogP contribution in [-0.2, 0) is 0 Å². The molecule has 37 heavy (non-hydrogen) atoms. The van der Waals surface area contributed by atoms with Crippen molar-refractivity contribution in [2.45, 2.75) is 0 Å². The highest BCUT2D eigenvalue weighted by atomic mass is 16.5. The van der Waals surface area contributed by atoms with Gasteiger partial charge in [0.05, 0.1) is 30.3 Å². The van der Waals surface area contributed by atoms with Crippen molar-refractivity contribution >= 4 is 29.0 Å². The van der Waals surface area contributed by atoms with E-state index in [4.69, 9.17) is 10.5 Å². The zero-order valence-corrected chi connectivity index (χ0v) is 19.7. The number of methoxy groups -OCH3 is 1. The van der Waals surface area contributed by atoms with Crippen LogP contribution in [0.1, 0.15) is 20.7 Å². The fraction of sp³-hybridized carbons (Fsp3) is 0.0385. The van der Waals surface area contributed by atoms with E-state index in [0.717, 1.165) is 5.69 Å². The Morgan fingerprint density at radius 1 is 1.03 bits per heavy atom. The monoisotopic (exact) mass is 494 g/mol. The number of ether oxygens (including phenoxy) is 1. The number of rotatable bonds is 8. The van der Waals surface area contributed by atoms with Crippen molar-refractivity contribution in [2.24, 2.45) is 5.73 Å². The van der Waals surface area contributed by atoms with Crippen LogP contribution >= 0.6 is 0 Å². The summed E-state index contributed by atoms with van der Waals surface area (Å²) in [6.07, 6.45) is 4.74. The number of para-hydroxylation sites is 1. The quantitative estimate of drug-likeness (QED) is 0.256.